The van der Waals surface area contributed by atoms with Crippen molar-refractivity contribution in [1.82, 2.24) is 4.90 Å². The molecule has 0 aromatic carbocycles. The van der Waals surface area contributed by atoms with Gasteiger partial charge in [0.05, 0.1) is 17.9 Å². The topological polar surface area (TPSA) is 28.0 Å². The molecule has 0 bridgehead atoms. The smallest absolute Gasteiger partial charge is 0.0885 e. The number of allylic oxidation sites excluding steroid dienone is 1. The SMILES string of the molecule is CC1=C(C(C)N2CCCC2)N=C=CN=C1C(C)C. The van der Waals surface area contributed by atoms with Gasteiger partial charge in [-0.3, -0.25) is 9.89 Å². The highest BCUT2D eigenvalue weighted by Gasteiger charge is 2.24. The molecule has 0 aromatic rings. The van der Waals surface area contributed by atoms with Gasteiger partial charge in [-0.1, -0.05) is 13.8 Å². The van der Waals surface area contributed by atoms with E-state index in [1.807, 2.05) is 0 Å². The predicted molar refractivity (Wildman–Crippen MR) is 77.2 cm³/mol. The standard InChI is InChI=1S/C15H23N3/c1-11(2)14-12(3)15(17-8-7-16-14)13(4)18-9-5-6-10-18/h7,11,13H,5-6,9-10H2,1-4H3. The normalized spacial score (nSPS) is 22.6. The highest BCUT2D eigenvalue weighted by Crippen LogP contribution is 2.23. The average molecular weight is 245 g/mol. The van der Waals surface area contributed by atoms with Gasteiger partial charge < -0.3 is 0 Å². The monoisotopic (exact) mass is 245 g/mol. The van der Waals surface area contributed by atoms with Gasteiger partial charge in [-0.15, -0.1) is 0 Å². The van der Waals surface area contributed by atoms with Crippen molar-refractivity contribution in [3.8, 4) is 0 Å². The lowest BCUT2D eigenvalue weighted by molar-refractivity contribution is 0.287. The van der Waals surface area contributed by atoms with Gasteiger partial charge in [0, 0.05) is 11.6 Å². The number of likely N-dealkylation sites (tertiary alicyclic amines) is 1. The molecule has 1 atom stereocenters. The molecule has 1 saturated heterocycles. The van der Waals surface area contributed by atoms with Crippen LogP contribution in [0.25, 0.3) is 0 Å². The summed E-state index contributed by atoms with van der Waals surface area (Å²) in [6, 6.07) is 0.371. The molecule has 0 radical (unpaired) electrons. The minimum Gasteiger partial charge on any atom is -0.295 e. The van der Waals surface area contributed by atoms with E-state index in [4.69, 9.17) is 0 Å². The molecule has 3 heteroatoms. The van der Waals surface area contributed by atoms with Crippen LogP contribution in [0.1, 0.15) is 40.5 Å². The van der Waals surface area contributed by atoms with Crippen LogP contribution in [0.3, 0.4) is 0 Å². The fourth-order valence-corrected chi connectivity index (χ4v) is 2.80. The molecule has 2 aliphatic rings. The first-order chi connectivity index (χ1) is 8.61. The second-order valence-electron chi connectivity index (χ2n) is 5.47. The van der Waals surface area contributed by atoms with E-state index < -0.39 is 0 Å². The van der Waals surface area contributed by atoms with Crippen LogP contribution in [-0.2, 0) is 0 Å². The summed E-state index contributed by atoms with van der Waals surface area (Å²) in [4.78, 5) is 11.5. The summed E-state index contributed by atoms with van der Waals surface area (Å²) in [5.41, 5.74) is 3.51. The molecular weight excluding hydrogens is 222 g/mol. The zero-order valence-corrected chi connectivity index (χ0v) is 11.9. The van der Waals surface area contributed by atoms with Crippen LogP contribution in [0, 0.1) is 5.92 Å². The molecule has 2 aliphatic heterocycles. The molecule has 0 amide bonds. The third kappa shape index (κ3) is 2.63. The largest absolute Gasteiger partial charge is 0.295 e. The molecule has 18 heavy (non-hydrogen) atoms. The van der Waals surface area contributed by atoms with Gasteiger partial charge >= 0.3 is 0 Å². The second kappa shape index (κ2) is 5.64. The average Bonchev–Trinajstić information content (AvgIpc) is 2.79. The Hall–Kier alpha value is -1.18. The summed E-state index contributed by atoms with van der Waals surface area (Å²) in [7, 11) is 0. The first kappa shape index (κ1) is 13.3. The van der Waals surface area contributed by atoms with Crippen LogP contribution < -0.4 is 0 Å². The predicted octanol–water partition coefficient (Wildman–Crippen LogP) is 3.04. The van der Waals surface area contributed by atoms with Crippen LogP contribution in [0.2, 0.25) is 0 Å². The number of rotatable bonds is 3. The maximum Gasteiger partial charge on any atom is 0.0885 e. The molecule has 2 rings (SSSR count). The molecule has 1 unspecified atom stereocenters. The minimum absolute atomic E-state index is 0.371. The summed E-state index contributed by atoms with van der Waals surface area (Å²) < 4.78 is 0. The van der Waals surface area contributed by atoms with E-state index in [0.29, 0.717) is 12.0 Å². The lowest BCUT2D eigenvalue weighted by atomic mass is 9.97. The Labute approximate surface area is 110 Å². The summed E-state index contributed by atoms with van der Waals surface area (Å²) >= 11 is 0. The van der Waals surface area contributed by atoms with Crippen LogP contribution in [-0.4, -0.2) is 35.6 Å². The second-order valence-corrected chi connectivity index (χ2v) is 5.47. The van der Waals surface area contributed by atoms with Gasteiger partial charge in [-0.05, 0) is 51.3 Å². The molecule has 3 nitrogen and oxygen atoms in total. The molecule has 0 spiro atoms. The number of nitrogens with zero attached hydrogens (tertiary/aromatic N) is 3. The Morgan fingerprint density at radius 3 is 2.50 bits per heavy atom. The highest BCUT2D eigenvalue weighted by atomic mass is 15.2. The van der Waals surface area contributed by atoms with E-state index >= 15 is 0 Å². The molecular formula is C15H23N3. The number of hydrogen-bond acceptors (Lipinski definition) is 3. The van der Waals surface area contributed by atoms with Crippen molar-refractivity contribution >= 4 is 11.6 Å². The summed E-state index contributed by atoms with van der Waals surface area (Å²) in [6.07, 6.45) is 4.31. The molecule has 1 fully saturated rings. The van der Waals surface area contributed by atoms with Crippen molar-refractivity contribution in [2.75, 3.05) is 13.1 Å². The van der Waals surface area contributed by atoms with E-state index in [9.17, 15) is 0 Å². The van der Waals surface area contributed by atoms with Crippen molar-refractivity contribution in [1.29, 1.82) is 0 Å². The van der Waals surface area contributed by atoms with Gasteiger partial charge in [0.1, 0.15) is 0 Å². The van der Waals surface area contributed by atoms with Gasteiger partial charge in [-0.25, -0.2) is 4.99 Å². The molecule has 2 heterocycles. The first-order valence-corrected chi connectivity index (χ1v) is 6.92. The molecule has 0 saturated carbocycles. The summed E-state index contributed by atoms with van der Waals surface area (Å²) in [5, 5.41) is 0. The molecule has 0 aliphatic carbocycles. The van der Waals surface area contributed by atoms with Crippen LogP contribution in [0.5, 0.6) is 0 Å². The zero-order valence-electron chi connectivity index (χ0n) is 11.9. The summed E-state index contributed by atoms with van der Waals surface area (Å²) in [5.74, 6) is 3.37. The number of aliphatic imine (C=N–C) groups is 2. The van der Waals surface area contributed by atoms with E-state index in [0.717, 1.165) is 11.4 Å². The maximum atomic E-state index is 4.50. The maximum absolute atomic E-state index is 4.50. The van der Waals surface area contributed by atoms with Gasteiger partial charge in [-0.2, -0.15) is 0 Å². The number of hydrogen-bond donors (Lipinski definition) is 0. The lowest BCUT2D eigenvalue weighted by Gasteiger charge is -2.25. The highest BCUT2D eigenvalue weighted by molar-refractivity contribution is 6.03. The molecule has 98 valence electrons. The Morgan fingerprint density at radius 2 is 1.89 bits per heavy atom. The van der Waals surface area contributed by atoms with E-state index in [1.165, 1.54) is 31.5 Å². The third-order valence-electron chi connectivity index (χ3n) is 3.85. The van der Waals surface area contributed by atoms with Gasteiger partial charge in [0.2, 0.25) is 0 Å². The van der Waals surface area contributed by atoms with Crippen molar-refractivity contribution in [3.63, 3.8) is 0 Å². The first-order valence-electron chi connectivity index (χ1n) is 6.92. The van der Waals surface area contributed by atoms with E-state index in [1.54, 1.807) is 6.20 Å². The quantitative estimate of drug-likeness (QED) is 0.751. The van der Waals surface area contributed by atoms with E-state index in [2.05, 4.69) is 48.4 Å². The van der Waals surface area contributed by atoms with Crippen molar-refractivity contribution < 1.29 is 0 Å². The Morgan fingerprint density at radius 1 is 1.22 bits per heavy atom. The van der Waals surface area contributed by atoms with Gasteiger partial charge in [0.25, 0.3) is 0 Å². The fourth-order valence-electron chi connectivity index (χ4n) is 2.80. The van der Waals surface area contributed by atoms with Crippen LogP contribution in [0.15, 0.2) is 27.5 Å². The van der Waals surface area contributed by atoms with E-state index in [-0.39, 0.29) is 0 Å². The Bertz CT molecular complexity index is 431. The fraction of sp³-hybridized carbons (Fsp3) is 0.667. The molecule has 0 N–H and O–H groups in total. The van der Waals surface area contributed by atoms with Crippen molar-refractivity contribution in [2.45, 2.75) is 46.6 Å². The Balaban J connectivity index is 2.31. The Kier molecular flexibility index (Phi) is 4.15. The summed E-state index contributed by atoms with van der Waals surface area (Å²) in [6.45, 7) is 11.1. The van der Waals surface area contributed by atoms with Gasteiger partial charge in [0.15, 0.2) is 0 Å². The third-order valence-corrected chi connectivity index (χ3v) is 3.85. The lowest BCUT2D eigenvalue weighted by Crippen LogP contribution is -2.32. The molecule has 0 aromatic heterocycles. The van der Waals surface area contributed by atoms with Crippen LogP contribution >= 0.6 is 0 Å². The zero-order chi connectivity index (χ0) is 13.1. The van der Waals surface area contributed by atoms with Crippen molar-refractivity contribution in [2.24, 2.45) is 15.9 Å². The minimum atomic E-state index is 0.371. The van der Waals surface area contributed by atoms with Crippen LogP contribution in [0.4, 0.5) is 0 Å². The van der Waals surface area contributed by atoms with Crippen molar-refractivity contribution in [3.05, 3.63) is 17.5 Å².